The molecule has 2 atom stereocenters. The summed E-state index contributed by atoms with van der Waals surface area (Å²) in [6.07, 6.45) is 3.14. The molecule has 2 fully saturated rings. The number of aryl methyl sites for hydroxylation is 1. The third kappa shape index (κ3) is 2.74. The van der Waals surface area contributed by atoms with E-state index < -0.39 is 17.1 Å². The second kappa shape index (κ2) is 6.37. The highest BCUT2D eigenvalue weighted by Crippen LogP contribution is 2.39. The van der Waals surface area contributed by atoms with E-state index in [2.05, 4.69) is 0 Å². The summed E-state index contributed by atoms with van der Waals surface area (Å²) in [5.41, 5.74) is 6.60. The fraction of sp³-hybridized carbons (Fsp3) is 0.579. The maximum absolute atomic E-state index is 15.2. The van der Waals surface area contributed by atoms with E-state index in [0.29, 0.717) is 46.9 Å². The van der Waals surface area contributed by atoms with Crippen LogP contribution in [0, 0.1) is 11.7 Å². The number of nitrogens with two attached hydrogens (primary N) is 2. The number of halogens is 1. The van der Waals surface area contributed by atoms with Crippen LogP contribution >= 0.6 is 0 Å². The lowest BCUT2D eigenvalue weighted by atomic mass is 10.0. The van der Waals surface area contributed by atoms with E-state index in [-0.39, 0.29) is 17.5 Å². The molecule has 1 aliphatic heterocycles. The Labute approximate surface area is 156 Å². The molecule has 1 aromatic heterocycles. The summed E-state index contributed by atoms with van der Waals surface area (Å²) in [7, 11) is 0. The van der Waals surface area contributed by atoms with Crippen LogP contribution in [0.25, 0.3) is 10.9 Å². The largest absolute Gasteiger partial charge is 0.369 e. The van der Waals surface area contributed by atoms with Crippen molar-refractivity contribution in [2.24, 2.45) is 11.7 Å². The first kappa shape index (κ1) is 18.0. The van der Waals surface area contributed by atoms with Gasteiger partial charge in [-0.2, -0.15) is 4.68 Å². The van der Waals surface area contributed by atoms with Gasteiger partial charge in [0.05, 0.1) is 16.6 Å². The van der Waals surface area contributed by atoms with Crippen LogP contribution < -0.4 is 27.7 Å². The van der Waals surface area contributed by atoms with Crippen molar-refractivity contribution < 1.29 is 4.39 Å². The van der Waals surface area contributed by atoms with Gasteiger partial charge < -0.3 is 16.5 Å². The Balaban J connectivity index is 2.01. The molecule has 1 aromatic carbocycles. The zero-order valence-electron chi connectivity index (χ0n) is 15.7. The van der Waals surface area contributed by atoms with Crippen LogP contribution in [0.2, 0.25) is 0 Å². The first-order valence-electron chi connectivity index (χ1n) is 9.63. The maximum Gasteiger partial charge on any atom is 0.350 e. The molecule has 2 heterocycles. The van der Waals surface area contributed by atoms with Crippen molar-refractivity contribution in [1.29, 1.82) is 0 Å². The van der Waals surface area contributed by atoms with Crippen LogP contribution in [0.1, 0.15) is 44.7 Å². The van der Waals surface area contributed by atoms with Gasteiger partial charge in [0.2, 0.25) is 0 Å². The molecule has 1 saturated heterocycles. The van der Waals surface area contributed by atoms with Gasteiger partial charge in [0.15, 0.2) is 0 Å². The molecule has 0 bridgehead atoms. The number of hydrogen-bond acceptors (Lipinski definition) is 5. The molecule has 4 N–H and O–H groups in total. The molecule has 0 unspecified atom stereocenters. The second-order valence-electron chi connectivity index (χ2n) is 7.85. The van der Waals surface area contributed by atoms with Gasteiger partial charge in [-0.05, 0) is 44.6 Å². The average molecular weight is 375 g/mol. The topological polar surface area (TPSA) is 99.3 Å². The van der Waals surface area contributed by atoms with Crippen LogP contribution in [0.5, 0.6) is 0 Å². The van der Waals surface area contributed by atoms with Gasteiger partial charge in [0, 0.05) is 30.7 Å². The minimum absolute atomic E-state index is 0.0226. The zero-order valence-corrected chi connectivity index (χ0v) is 15.7. The predicted octanol–water partition coefficient (Wildman–Crippen LogP) is 1.09. The third-order valence-corrected chi connectivity index (χ3v) is 5.98. The lowest BCUT2D eigenvalue weighted by Gasteiger charge is -2.25. The molecule has 0 radical (unpaired) electrons. The molecule has 8 heteroatoms. The quantitative estimate of drug-likeness (QED) is 0.780. The molecule has 27 heavy (non-hydrogen) atoms. The Bertz CT molecular complexity index is 1020. The molecule has 4 rings (SSSR count). The van der Waals surface area contributed by atoms with Crippen molar-refractivity contribution >= 4 is 16.6 Å². The van der Waals surface area contributed by atoms with Crippen molar-refractivity contribution in [3.63, 3.8) is 0 Å². The van der Waals surface area contributed by atoms with E-state index in [9.17, 15) is 9.59 Å². The van der Waals surface area contributed by atoms with Gasteiger partial charge in [-0.1, -0.05) is 6.92 Å². The Kier molecular flexibility index (Phi) is 4.25. The Morgan fingerprint density at radius 1 is 1.30 bits per heavy atom. The SMILES string of the molecule is CCc1c(N2CC[C@@H]([C@H](C)N)C2)c(F)cc2c(=O)n(N)c(=O)n(C3CC3)c12. The number of fused-ring (bicyclic) bond motifs is 1. The van der Waals surface area contributed by atoms with Crippen LogP contribution in [0.15, 0.2) is 15.7 Å². The number of hydrogen-bond donors (Lipinski definition) is 2. The molecule has 0 amide bonds. The maximum atomic E-state index is 15.2. The average Bonchev–Trinajstić information content (AvgIpc) is 3.35. The smallest absolute Gasteiger partial charge is 0.350 e. The molecule has 146 valence electrons. The highest BCUT2D eigenvalue weighted by atomic mass is 19.1. The number of rotatable bonds is 4. The minimum atomic E-state index is -0.651. The fourth-order valence-electron chi connectivity index (χ4n) is 4.32. The monoisotopic (exact) mass is 375 g/mol. The fourth-order valence-corrected chi connectivity index (χ4v) is 4.32. The zero-order chi connectivity index (χ0) is 19.5. The van der Waals surface area contributed by atoms with Crippen molar-refractivity contribution in [2.75, 3.05) is 23.8 Å². The lowest BCUT2D eigenvalue weighted by Crippen LogP contribution is -2.45. The number of aromatic nitrogens is 2. The van der Waals surface area contributed by atoms with Crippen molar-refractivity contribution in [2.45, 2.75) is 51.6 Å². The number of benzene rings is 1. The van der Waals surface area contributed by atoms with Gasteiger partial charge in [-0.15, -0.1) is 0 Å². The van der Waals surface area contributed by atoms with Crippen LogP contribution in [-0.4, -0.2) is 28.4 Å². The summed E-state index contributed by atoms with van der Waals surface area (Å²) in [5.74, 6) is 5.55. The Morgan fingerprint density at radius 3 is 2.56 bits per heavy atom. The van der Waals surface area contributed by atoms with E-state index >= 15 is 4.39 Å². The Morgan fingerprint density at radius 2 is 2.00 bits per heavy atom. The molecule has 1 saturated carbocycles. The van der Waals surface area contributed by atoms with E-state index in [1.165, 1.54) is 6.07 Å². The number of nitrogen functional groups attached to an aromatic ring is 1. The van der Waals surface area contributed by atoms with Gasteiger partial charge in [0.25, 0.3) is 5.56 Å². The van der Waals surface area contributed by atoms with Gasteiger partial charge in [0.1, 0.15) is 5.82 Å². The third-order valence-electron chi connectivity index (χ3n) is 5.98. The summed E-state index contributed by atoms with van der Waals surface area (Å²) in [4.78, 5) is 27.3. The molecule has 2 aromatic rings. The second-order valence-corrected chi connectivity index (χ2v) is 7.85. The van der Waals surface area contributed by atoms with Crippen LogP contribution in [0.4, 0.5) is 10.1 Å². The van der Waals surface area contributed by atoms with Crippen LogP contribution in [-0.2, 0) is 6.42 Å². The first-order chi connectivity index (χ1) is 12.8. The summed E-state index contributed by atoms with van der Waals surface area (Å²) in [6, 6.07) is 1.31. The summed E-state index contributed by atoms with van der Waals surface area (Å²) in [5, 5.41) is 0.171. The molecular formula is C19H26FN5O2. The number of nitrogens with zero attached hydrogens (tertiary/aromatic N) is 3. The molecule has 0 spiro atoms. The van der Waals surface area contributed by atoms with Crippen molar-refractivity contribution in [3.05, 3.63) is 38.3 Å². The van der Waals surface area contributed by atoms with Crippen LogP contribution in [0.3, 0.4) is 0 Å². The van der Waals surface area contributed by atoms with E-state index in [0.717, 1.165) is 19.3 Å². The molecule has 7 nitrogen and oxygen atoms in total. The summed E-state index contributed by atoms with van der Waals surface area (Å²) in [6.45, 7) is 5.28. The molecular weight excluding hydrogens is 349 g/mol. The van der Waals surface area contributed by atoms with E-state index in [1.54, 1.807) is 4.57 Å². The van der Waals surface area contributed by atoms with Gasteiger partial charge in [-0.3, -0.25) is 9.36 Å². The highest BCUT2D eigenvalue weighted by molar-refractivity contribution is 5.87. The van der Waals surface area contributed by atoms with E-state index in [1.807, 2.05) is 18.7 Å². The van der Waals surface area contributed by atoms with Gasteiger partial charge in [-0.25, -0.2) is 9.18 Å². The summed E-state index contributed by atoms with van der Waals surface area (Å²) < 4.78 is 17.4. The minimum Gasteiger partial charge on any atom is -0.369 e. The number of anilines is 1. The first-order valence-corrected chi connectivity index (χ1v) is 9.63. The molecule has 2 aliphatic rings. The van der Waals surface area contributed by atoms with Crippen molar-refractivity contribution in [1.82, 2.24) is 9.24 Å². The Hall–Kier alpha value is -2.35. The normalized spacial score (nSPS) is 21.2. The molecule has 1 aliphatic carbocycles. The van der Waals surface area contributed by atoms with Gasteiger partial charge >= 0.3 is 5.69 Å². The highest BCUT2D eigenvalue weighted by Gasteiger charge is 2.33. The standard InChI is InChI=1S/C19H26FN5O2/c1-3-13-16-14(18(26)25(22)19(27)24(16)12-4-5-12)8-15(20)17(13)23-7-6-11(9-23)10(2)21/h8,10-12H,3-7,9,21-22H2,1-2H3/t10-,11+/m0/s1. The predicted molar refractivity (Wildman–Crippen MR) is 104 cm³/mol. The summed E-state index contributed by atoms with van der Waals surface area (Å²) >= 11 is 0. The lowest BCUT2D eigenvalue weighted by molar-refractivity contribution is 0.487. The van der Waals surface area contributed by atoms with E-state index in [4.69, 9.17) is 11.6 Å². The van der Waals surface area contributed by atoms with Crippen molar-refractivity contribution in [3.8, 4) is 0 Å².